The smallest absolute Gasteiger partial charge is 0.256 e. The number of ether oxygens (including phenoxy) is 1. The van der Waals surface area contributed by atoms with E-state index in [0.717, 1.165) is 18.4 Å². The molecule has 7 nitrogen and oxygen atoms in total. The molecule has 160 valence electrons. The number of halogens is 1. The second-order valence-corrected chi connectivity index (χ2v) is 8.62. The van der Waals surface area contributed by atoms with Gasteiger partial charge in [-0.3, -0.25) is 19.8 Å². The van der Waals surface area contributed by atoms with Crippen molar-refractivity contribution in [2.45, 2.75) is 36.4 Å². The molecule has 1 amide bonds. The van der Waals surface area contributed by atoms with E-state index in [1.54, 1.807) is 24.3 Å². The fourth-order valence-corrected chi connectivity index (χ4v) is 6.01. The predicted octanol–water partition coefficient (Wildman–Crippen LogP) is 3.96. The first-order valence-corrected chi connectivity index (χ1v) is 10.7. The van der Waals surface area contributed by atoms with Crippen LogP contribution < -0.4 is 10.1 Å². The number of nitrogens with zero attached hydrogens (tertiary/aromatic N) is 2. The number of nitro groups is 1. The molecule has 0 saturated carbocycles. The number of rotatable bonds is 5. The van der Waals surface area contributed by atoms with Crippen molar-refractivity contribution in [1.29, 1.82) is 0 Å². The molecule has 31 heavy (non-hydrogen) atoms. The van der Waals surface area contributed by atoms with Crippen molar-refractivity contribution in [3.8, 4) is 5.75 Å². The fraction of sp³-hybridized carbons (Fsp3) is 0.348. The summed E-state index contributed by atoms with van der Waals surface area (Å²) in [6, 6.07) is 11.4. The van der Waals surface area contributed by atoms with Crippen LogP contribution in [0.2, 0.25) is 5.02 Å². The van der Waals surface area contributed by atoms with Crippen LogP contribution in [0.25, 0.3) is 0 Å². The number of para-hydroxylation sites is 1. The summed E-state index contributed by atoms with van der Waals surface area (Å²) in [7, 11) is 0. The summed E-state index contributed by atoms with van der Waals surface area (Å²) in [6.07, 6.45) is 3.30. The molecule has 0 bridgehead atoms. The summed E-state index contributed by atoms with van der Waals surface area (Å²) >= 11 is 6.45. The quantitative estimate of drug-likeness (QED) is 0.433. The van der Waals surface area contributed by atoms with E-state index in [0.29, 0.717) is 35.2 Å². The molecule has 2 saturated heterocycles. The molecule has 1 spiro atoms. The van der Waals surface area contributed by atoms with Gasteiger partial charge in [-0.15, -0.1) is 0 Å². The Labute approximate surface area is 184 Å². The van der Waals surface area contributed by atoms with Gasteiger partial charge in [-0.1, -0.05) is 48.5 Å². The molecule has 2 aromatic carbocycles. The third kappa shape index (κ3) is 2.73. The molecule has 3 aliphatic rings. The lowest BCUT2D eigenvalue weighted by Crippen LogP contribution is -2.55. The van der Waals surface area contributed by atoms with Crippen LogP contribution in [-0.4, -0.2) is 41.0 Å². The number of hydrogen-bond acceptors (Lipinski definition) is 5. The Balaban J connectivity index is 1.66. The molecular formula is C23H22ClN3O4. The molecule has 4 atom stereocenters. The molecule has 5 rings (SSSR count). The van der Waals surface area contributed by atoms with E-state index in [-0.39, 0.29) is 16.9 Å². The number of nitrogens with one attached hydrogen (secondary N) is 1. The minimum absolute atomic E-state index is 0.122. The SMILES string of the molecule is C=CCOc1ccc([C@H]2[C@H]([N+](=O)[O-])[C@@]3(C(=O)Nc4ccccc43)N3CCC[C@@H]23)cc1Cl. The lowest BCUT2D eigenvalue weighted by molar-refractivity contribution is -0.534. The van der Waals surface area contributed by atoms with Crippen LogP contribution in [0.15, 0.2) is 55.1 Å². The molecule has 2 fully saturated rings. The normalized spacial score (nSPS) is 28.9. The zero-order chi connectivity index (χ0) is 21.8. The summed E-state index contributed by atoms with van der Waals surface area (Å²) in [5.74, 6) is -0.287. The second kappa shape index (κ2) is 7.35. The maximum atomic E-state index is 13.4. The number of fused-ring (bicyclic) bond motifs is 4. The van der Waals surface area contributed by atoms with Crippen LogP contribution in [0.4, 0.5) is 5.69 Å². The fourth-order valence-electron chi connectivity index (χ4n) is 5.77. The molecule has 8 heteroatoms. The van der Waals surface area contributed by atoms with Crippen LogP contribution in [-0.2, 0) is 10.3 Å². The van der Waals surface area contributed by atoms with Gasteiger partial charge in [0.05, 0.1) is 10.9 Å². The van der Waals surface area contributed by atoms with E-state index in [9.17, 15) is 14.9 Å². The van der Waals surface area contributed by atoms with Crippen molar-refractivity contribution in [2.24, 2.45) is 0 Å². The van der Waals surface area contributed by atoms with Crippen LogP contribution in [0, 0.1) is 10.1 Å². The van der Waals surface area contributed by atoms with E-state index in [1.807, 2.05) is 24.3 Å². The summed E-state index contributed by atoms with van der Waals surface area (Å²) in [5.41, 5.74) is 0.768. The van der Waals surface area contributed by atoms with Crippen LogP contribution in [0.1, 0.15) is 29.9 Å². The Hall–Kier alpha value is -2.90. The molecule has 0 aliphatic carbocycles. The highest BCUT2D eigenvalue weighted by atomic mass is 35.5. The number of hydrogen-bond donors (Lipinski definition) is 1. The minimum atomic E-state index is -1.32. The summed E-state index contributed by atoms with van der Waals surface area (Å²) in [4.78, 5) is 27.8. The van der Waals surface area contributed by atoms with Crippen molar-refractivity contribution in [3.63, 3.8) is 0 Å². The standard InChI is InChI=1S/C23H22ClN3O4/c1-2-12-31-19-10-9-14(13-16(19)24)20-18-8-5-11-26(18)23(21(20)27(29)30)15-6-3-4-7-17(15)25-22(23)28/h2-4,6-7,9-10,13,18,20-21H,1,5,8,11-12H2,(H,25,28)/t18-,20+,21-,23-/m0/s1. The number of carbonyl (C=O) groups is 1. The summed E-state index contributed by atoms with van der Waals surface area (Å²) in [6.45, 7) is 4.59. The van der Waals surface area contributed by atoms with Gasteiger partial charge in [0.1, 0.15) is 12.4 Å². The van der Waals surface area contributed by atoms with Gasteiger partial charge in [0, 0.05) is 28.8 Å². The van der Waals surface area contributed by atoms with Crippen molar-refractivity contribution in [2.75, 3.05) is 18.5 Å². The van der Waals surface area contributed by atoms with Gasteiger partial charge in [-0.05, 0) is 36.6 Å². The first-order chi connectivity index (χ1) is 15.0. The molecule has 0 unspecified atom stereocenters. The van der Waals surface area contributed by atoms with Gasteiger partial charge in [-0.2, -0.15) is 0 Å². The largest absolute Gasteiger partial charge is 0.488 e. The topological polar surface area (TPSA) is 84.7 Å². The molecule has 3 heterocycles. The Morgan fingerprint density at radius 2 is 2.16 bits per heavy atom. The van der Waals surface area contributed by atoms with Crippen LogP contribution in [0.5, 0.6) is 5.75 Å². The monoisotopic (exact) mass is 439 g/mol. The molecule has 0 radical (unpaired) electrons. The zero-order valence-electron chi connectivity index (χ0n) is 16.8. The Bertz CT molecular complexity index is 1090. The van der Waals surface area contributed by atoms with Crippen LogP contribution in [0.3, 0.4) is 0 Å². The average Bonchev–Trinajstić information content (AvgIpc) is 3.40. The maximum Gasteiger partial charge on any atom is 0.256 e. The van der Waals surface area contributed by atoms with E-state index < -0.39 is 17.5 Å². The molecular weight excluding hydrogens is 418 g/mol. The zero-order valence-corrected chi connectivity index (χ0v) is 17.5. The molecule has 3 aliphatic heterocycles. The Morgan fingerprint density at radius 1 is 1.35 bits per heavy atom. The van der Waals surface area contributed by atoms with Gasteiger partial charge < -0.3 is 10.1 Å². The van der Waals surface area contributed by atoms with Gasteiger partial charge in [0.25, 0.3) is 11.9 Å². The first-order valence-electron chi connectivity index (χ1n) is 10.3. The van der Waals surface area contributed by atoms with Gasteiger partial charge >= 0.3 is 0 Å². The number of benzene rings is 2. The third-order valence-electron chi connectivity index (χ3n) is 6.79. The lowest BCUT2D eigenvalue weighted by atomic mass is 9.77. The Morgan fingerprint density at radius 3 is 2.90 bits per heavy atom. The maximum absolute atomic E-state index is 13.4. The van der Waals surface area contributed by atoms with E-state index in [4.69, 9.17) is 16.3 Å². The first kappa shape index (κ1) is 20.0. The third-order valence-corrected chi connectivity index (χ3v) is 7.09. The Kier molecular flexibility index (Phi) is 4.75. The van der Waals surface area contributed by atoms with Gasteiger partial charge in [-0.25, -0.2) is 0 Å². The average molecular weight is 440 g/mol. The van der Waals surface area contributed by atoms with Crippen molar-refractivity contribution in [3.05, 3.63) is 81.4 Å². The lowest BCUT2D eigenvalue weighted by Gasteiger charge is -2.32. The molecule has 1 N–H and O–H groups in total. The van der Waals surface area contributed by atoms with E-state index in [1.165, 1.54) is 0 Å². The van der Waals surface area contributed by atoms with Crippen molar-refractivity contribution >= 4 is 23.2 Å². The van der Waals surface area contributed by atoms with Crippen LogP contribution >= 0.6 is 11.6 Å². The van der Waals surface area contributed by atoms with Gasteiger partial charge in [0.2, 0.25) is 0 Å². The number of amides is 1. The molecule has 0 aromatic heterocycles. The second-order valence-electron chi connectivity index (χ2n) is 8.21. The summed E-state index contributed by atoms with van der Waals surface area (Å²) < 4.78 is 5.56. The highest BCUT2D eigenvalue weighted by molar-refractivity contribution is 6.32. The molecule has 2 aromatic rings. The predicted molar refractivity (Wildman–Crippen MR) is 117 cm³/mol. The number of anilines is 1. The van der Waals surface area contributed by atoms with E-state index >= 15 is 0 Å². The van der Waals surface area contributed by atoms with Crippen molar-refractivity contribution < 1.29 is 14.5 Å². The highest BCUT2D eigenvalue weighted by Gasteiger charge is 2.73. The van der Waals surface area contributed by atoms with Crippen molar-refractivity contribution in [1.82, 2.24) is 4.90 Å². The summed E-state index contributed by atoms with van der Waals surface area (Å²) in [5, 5.41) is 15.9. The number of carbonyl (C=O) groups excluding carboxylic acids is 1. The highest BCUT2D eigenvalue weighted by Crippen LogP contribution is 2.58. The van der Waals surface area contributed by atoms with E-state index in [2.05, 4.69) is 16.8 Å². The minimum Gasteiger partial charge on any atom is -0.488 e. The van der Waals surface area contributed by atoms with Gasteiger partial charge in [0.15, 0.2) is 5.54 Å².